The number of carbonyl (C=O) groups excluding carboxylic acids is 3. The second-order valence-electron chi connectivity index (χ2n) is 5.70. The Balaban J connectivity index is 1.85. The number of amides is 1. The highest BCUT2D eigenvalue weighted by Gasteiger charge is 2.29. The van der Waals surface area contributed by atoms with Gasteiger partial charge in [-0.25, -0.2) is 4.79 Å². The van der Waals surface area contributed by atoms with E-state index in [0.717, 1.165) is 0 Å². The largest absolute Gasteiger partial charge is 0.466 e. The van der Waals surface area contributed by atoms with E-state index in [0.29, 0.717) is 31.6 Å². The molecule has 0 radical (unpaired) electrons. The molecule has 2 rings (SSSR count). The molecule has 0 aromatic heterocycles. The van der Waals surface area contributed by atoms with E-state index < -0.39 is 5.97 Å². The van der Waals surface area contributed by atoms with Crippen LogP contribution in [0.5, 0.6) is 0 Å². The predicted molar refractivity (Wildman–Crippen MR) is 87.4 cm³/mol. The monoisotopic (exact) mass is 344 g/mol. The number of nitriles is 1. The van der Waals surface area contributed by atoms with Gasteiger partial charge in [0.15, 0.2) is 6.61 Å². The van der Waals surface area contributed by atoms with Crippen molar-refractivity contribution in [3.8, 4) is 6.07 Å². The van der Waals surface area contributed by atoms with Gasteiger partial charge < -0.3 is 14.4 Å². The van der Waals surface area contributed by atoms with Crippen molar-refractivity contribution in [2.75, 3.05) is 26.3 Å². The summed E-state index contributed by atoms with van der Waals surface area (Å²) in [5.74, 6) is -1.59. The van der Waals surface area contributed by atoms with Gasteiger partial charge >= 0.3 is 11.9 Å². The normalized spacial score (nSPS) is 16.6. The molecule has 0 saturated carbocycles. The molecule has 132 valence electrons. The molecule has 1 fully saturated rings. The van der Waals surface area contributed by atoms with E-state index in [-0.39, 0.29) is 36.5 Å². The van der Waals surface area contributed by atoms with Crippen molar-refractivity contribution in [2.24, 2.45) is 5.92 Å². The van der Waals surface area contributed by atoms with Gasteiger partial charge in [0, 0.05) is 13.1 Å². The van der Waals surface area contributed by atoms with Crippen LogP contribution in [0.4, 0.5) is 0 Å². The molecule has 1 aromatic rings. The molecule has 0 N–H and O–H groups in total. The second kappa shape index (κ2) is 8.83. The first-order valence-corrected chi connectivity index (χ1v) is 8.16. The average molecular weight is 344 g/mol. The third-order valence-corrected chi connectivity index (χ3v) is 3.97. The first kappa shape index (κ1) is 18.5. The van der Waals surface area contributed by atoms with Gasteiger partial charge in [0.1, 0.15) is 0 Å². The van der Waals surface area contributed by atoms with Crippen LogP contribution in [0.25, 0.3) is 0 Å². The molecule has 1 atom stereocenters. The molecule has 7 heteroatoms. The fraction of sp³-hybridized carbons (Fsp3) is 0.444. The molecular weight excluding hydrogens is 324 g/mol. The van der Waals surface area contributed by atoms with E-state index in [2.05, 4.69) is 0 Å². The van der Waals surface area contributed by atoms with E-state index >= 15 is 0 Å². The molecule has 1 aliphatic heterocycles. The molecule has 1 saturated heterocycles. The zero-order valence-corrected chi connectivity index (χ0v) is 14.1. The van der Waals surface area contributed by atoms with Crippen LogP contribution < -0.4 is 0 Å². The number of esters is 2. The Morgan fingerprint density at radius 3 is 2.60 bits per heavy atom. The number of nitrogens with zero attached hydrogens (tertiary/aromatic N) is 2. The lowest BCUT2D eigenvalue weighted by Crippen LogP contribution is -2.44. The SMILES string of the molecule is CCOC(=O)[C@H]1CCCN(C(=O)COC(=O)c2ccc(C#N)cc2)C1. The third kappa shape index (κ3) is 5.05. The predicted octanol–water partition coefficient (Wildman–Crippen LogP) is 1.52. The van der Waals surface area contributed by atoms with Crippen molar-refractivity contribution in [1.29, 1.82) is 5.26 Å². The van der Waals surface area contributed by atoms with Crippen molar-refractivity contribution in [2.45, 2.75) is 19.8 Å². The molecule has 7 nitrogen and oxygen atoms in total. The van der Waals surface area contributed by atoms with Crippen LogP contribution in [0, 0.1) is 17.2 Å². The lowest BCUT2D eigenvalue weighted by atomic mass is 9.98. The number of hydrogen-bond donors (Lipinski definition) is 0. The lowest BCUT2D eigenvalue weighted by Gasteiger charge is -2.31. The third-order valence-electron chi connectivity index (χ3n) is 3.97. The first-order chi connectivity index (χ1) is 12.0. The lowest BCUT2D eigenvalue weighted by molar-refractivity contribution is -0.151. The number of carbonyl (C=O) groups is 3. The Bertz CT molecular complexity index is 678. The highest BCUT2D eigenvalue weighted by Crippen LogP contribution is 2.18. The Morgan fingerprint density at radius 2 is 1.96 bits per heavy atom. The summed E-state index contributed by atoms with van der Waals surface area (Å²) in [6.07, 6.45) is 1.40. The summed E-state index contributed by atoms with van der Waals surface area (Å²) in [6, 6.07) is 7.92. The maximum absolute atomic E-state index is 12.2. The smallest absolute Gasteiger partial charge is 0.338 e. The highest BCUT2D eigenvalue weighted by molar-refractivity contribution is 5.91. The van der Waals surface area contributed by atoms with Gasteiger partial charge in [-0.15, -0.1) is 0 Å². The van der Waals surface area contributed by atoms with Gasteiger partial charge in [0.05, 0.1) is 29.7 Å². The van der Waals surface area contributed by atoms with E-state index in [4.69, 9.17) is 14.7 Å². The molecule has 0 aliphatic carbocycles. The summed E-state index contributed by atoms with van der Waals surface area (Å²) in [5.41, 5.74) is 0.709. The maximum Gasteiger partial charge on any atom is 0.338 e. The minimum atomic E-state index is -0.628. The van der Waals surface area contributed by atoms with Crippen LogP contribution in [0.15, 0.2) is 24.3 Å². The highest BCUT2D eigenvalue weighted by atomic mass is 16.5. The number of ether oxygens (including phenoxy) is 2. The van der Waals surface area contributed by atoms with Gasteiger partial charge in [0.2, 0.25) is 0 Å². The summed E-state index contributed by atoms with van der Waals surface area (Å²) in [6.45, 7) is 2.49. The maximum atomic E-state index is 12.2. The minimum absolute atomic E-state index is 0.273. The zero-order valence-electron chi connectivity index (χ0n) is 14.1. The van der Waals surface area contributed by atoms with Crippen LogP contribution >= 0.6 is 0 Å². The van der Waals surface area contributed by atoms with Crippen LogP contribution in [0.2, 0.25) is 0 Å². The van der Waals surface area contributed by atoms with Gasteiger partial charge in [-0.1, -0.05) is 0 Å². The van der Waals surface area contributed by atoms with E-state index in [1.807, 2.05) is 6.07 Å². The number of likely N-dealkylation sites (tertiary alicyclic amines) is 1. The Kier molecular flexibility index (Phi) is 6.52. The van der Waals surface area contributed by atoms with Crippen molar-refractivity contribution in [3.63, 3.8) is 0 Å². The summed E-state index contributed by atoms with van der Waals surface area (Å²) in [5, 5.41) is 8.73. The van der Waals surface area contributed by atoms with Crippen molar-refractivity contribution < 1.29 is 23.9 Å². The van der Waals surface area contributed by atoms with Crippen LogP contribution in [0.3, 0.4) is 0 Å². The number of benzene rings is 1. The van der Waals surface area contributed by atoms with E-state index in [1.165, 1.54) is 29.2 Å². The van der Waals surface area contributed by atoms with Crippen molar-refractivity contribution in [1.82, 2.24) is 4.90 Å². The molecular formula is C18H20N2O5. The standard InChI is InChI=1S/C18H20N2O5/c1-2-24-18(23)15-4-3-9-20(11-15)16(21)12-25-17(22)14-7-5-13(10-19)6-8-14/h5-8,15H,2-4,9,11-12H2,1H3/t15-/m0/s1. The number of hydrogen-bond acceptors (Lipinski definition) is 6. The second-order valence-corrected chi connectivity index (χ2v) is 5.70. The molecule has 25 heavy (non-hydrogen) atoms. The molecule has 1 heterocycles. The molecule has 0 bridgehead atoms. The van der Waals surface area contributed by atoms with E-state index in [1.54, 1.807) is 6.92 Å². The van der Waals surface area contributed by atoms with E-state index in [9.17, 15) is 14.4 Å². The quantitative estimate of drug-likeness (QED) is 0.751. The summed E-state index contributed by atoms with van der Waals surface area (Å²) in [4.78, 5) is 37.5. The zero-order chi connectivity index (χ0) is 18.2. The Labute approximate surface area is 146 Å². The molecule has 0 unspecified atom stereocenters. The summed E-state index contributed by atoms with van der Waals surface area (Å²) >= 11 is 0. The molecule has 1 amide bonds. The van der Waals surface area contributed by atoms with Gasteiger partial charge in [-0.05, 0) is 44.0 Å². The Morgan fingerprint density at radius 1 is 1.24 bits per heavy atom. The molecule has 0 spiro atoms. The topological polar surface area (TPSA) is 96.7 Å². The molecule has 1 aromatic carbocycles. The van der Waals surface area contributed by atoms with Crippen molar-refractivity contribution >= 4 is 17.8 Å². The van der Waals surface area contributed by atoms with Crippen molar-refractivity contribution in [3.05, 3.63) is 35.4 Å². The van der Waals surface area contributed by atoms with Crippen LogP contribution in [-0.4, -0.2) is 49.0 Å². The minimum Gasteiger partial charge on any atom is -0.466 e. The number of rotatable bonds is 5. The fourth-order valence-electron chi connectivity index (χ4n) is 2.64. The summed E-state index contributed by atoms with van der Waals surface area (Å²) in [7, 11) is 0. The Hall–Kier alpha value is -2.88. The van der Waals surface area contributed by atoms with Crippen LogP contribution in [0.1, 0.15) is 35.7 Å². The van der Waals surface area contributed by atoms with Gasteiger partial charge in [-0.3, -0.25) is 9.59 Å². The number of piperidine rings is 1. The van der Waals surface area contributed by atoms with Gasteiger partial charge in [0.25, 0.3) is 5.91 Å². The van der Waals surface area contributed by atoms with Gasteiger partial charge in [-0.2, -0.15) is 5.26 Å². The molecule has 1 aliphatic rings. The summed E-state index contributed by atoms with van der Waals surface area (Å²) < 4.78 is 10.0. The average Bonchev–Trinajstić information content (AvgIpc) is 2.66. The first-order valence-electron chi connectivity index (χ1n) is 8.16. The van der Waals surface area contributed by atoms with Crippen LogP contribution in [-0.2, 0) is 19.1 Å². The fourth-order valence-corrected chi connectivity index (χ4v) is 2.64.